The normalized spacial score (nSPS) is 11.5. The first kappa shape index (κ1) is 12.6. The van der Waals surface area contributed by atoms with Crippen LogP contribution in [0, 0.1) is 6.92 Å². The molecule has 4 N–H and O–H groups in total. The lowest BCUT2D eigenvalue weighted by Crippen LogP contribution is -2.57. The Balaban J connectivity index is 2.76. The average molecular weight is 230 g/mol. The van der Waals surface area contributed by atoms with Crippen LogP contribution in [0.1, 0.15) is 16.2 Å². The lowest BCUT2D eigenvalue weighted by Gasteiger charge is -2.27. The van der Waals surface area contributed by atoms with E-state index in [1.807, 2.05) is 0 Å². The minimum atomic E-state index is -1.46. The van der Waals surface area contributed by atoms with Gasteiger partial charge in [-0.15, -0.1) is 0 Å². The van der Waals surface area contributed by atoms with Crippen LogP contribution >= 0.6 is 0 Å². The zero-order chi connectivity index (χ0) is 12.2. The van der Waals surface area contributed by atoms with Crippen molar-refractivity contribution in [1.29, 1.82) is 0 Å². The predicted molar refractivity (Wildman–Crippen MR) is 52.7 cm³/mol. The van der Waals surface area contributed by atoms with Crippen molar-refractivity contribution >= 4 is 5.91 Å². The van der Waals surface area contributed by atoms with Gasteiger partial charge in [-0.3, -0.25) is 4.79 Å². The molecule has 0 radical (unpaired) electrons. The van der Waals surface area contributed by atoms with Gasteiger partial charge in [0.1, 0.15) is 5.54 Å². The summed E-state index contributed by atoms with van der Waals surface area (Å²) in [6.45, 7) is -0.103. The first-order valence-corrected chi connectivity index (χ1v) is 4.65. The number of aryl methyl sites for hydroxylation is 1. The van der Waals surface area contributed by atoms with E-state index in [0.717, 1.165) is 0 Å². The standard InChI is InChI=1S/C9H14N2O5/c1-6-2-7(16-11-6)8(15)10-9(3-12,4-13)5-14/h2,12-14H,3-5H2,1H3,(H,10,15). The Morgan fingerprint density at radius 3 is 2.38 bits per heavy atom. The van der Waals surface area contributed by atoms with Gasteiger partial charge in [-0.2, -0.15) is 0 Å². The van der Waals surface area contributed by atoms with Crippen LogP contribution in [0.5, 0.6) is 0 Å². The van der Waals surface area contributed by atoms with Crippen LogP contribution in [0.15, 0.2) is 10.6 Å². The molecular formula is C9H14N2O5. The zero-order valence-electron chi connectivity index (χ0n) is 8.80. The van der Waals surface area contributed by atoms with Crippen molar-refractivity contribution in [2.45, 2.75) is 12.5 Å². The Morgan fingerprint density at radius 1 is 1.44 bits per heavy atom. The summed E-state index contributed by atoms with van der Waals surface area (Å²) in [6.07, 6.45) is 0. The third kappa shape index (κ3) is 2.57. The minimum Gasteiger partial charge on any atom is -0.394 e. The Labute approximate surface area is 91.7 Å². The van der Waals surface area contributed by atoms with Crippen molar-refractivity contribution in [3.63, 3.8) is 0 Å². The second-order valence-electron chi connectivity index (χ2n) is 3.54. The van der Waals surface area contributed by atoms with E-state index >= 15 is 0 Å². The lowest BCUT2D eigenvalue weighted by atomic mass is 10.0. The van der Waals surface area contributed by atoms with Crippen molar-refractivity contribution < 1.29 is 24.6 Å². The molecule has 1 aromatic rings. The van der Waals surface area contributed by atoms with Gasteiger partial charge >= 0.3 is 0 Å². The van der Waals surface area contributed by atoms with Crippen LogP contribution in [0.25, 0.3) is 0 Å². The Bertz CT molecular complexity index is 350. The molecule has 0 aliphatic heterocycles. The van der Waals surface area contributed by atoms with Gasteiger partial charge in [0.15, 0.2) is 0 Å². The Hall–Kier alpha value is -1.44. The molecule has 0 saturated carbocycles. The Morgan fingerprint density at radius 2 is 2.00 bits per heavy atom. The highest BCUT2D eigenvalue weighted by Gasteiger charge is 2.31. The summed E-state index contributed by atoms with van der Waals surface area (Å²) in [6, 6.07) is 1.41. The van der Waals surface area contributed by atoms with Crippen molar-refractivity contribution in [3.8, 4) is 0 Å². The molecule has 1 aromatic heterocycles. The first-order valence-electron chi connectivity index (χ1n) is 4.65. The summed E-state index contributed by atoms with van der Waals surface area (Å²) in [5, 5.41) is 32.8. The molecule has 7 heteroatoms. The fourth-order valence-electron chi connectivity index (χ4n) is 1.04. The fraction of sp³-hybridized carbons (Fsp3) is 0.556. The molecule has 1 heterocycles. The minimum absolute atomic E-state index is 0.0442. The quantitative estimate of drug-likeness (QED) is 0.485. The van der Waals surface area contributed by atoms with Crippen LogP contribution in [0.4, 0.5) is 0 Å². The molecule has 16 heavy (non-hydrogen) atoms. The molecule has 0 atom stereocenters. The third-order valence-corrected chi connectivity index (χ3v) is 2.14. The number of hydrogen-bond donors (Lipinski definition) is 4. The van der Waals surface area contributed by atoms with E-state index in [4.69, 9.17) is 19.8 Å². The maximum atomic E-state index is 11.6. The van der Waals surface area contributed by atoms with E-state index in [1.165, 1.54) is 6.07 Å². The van der Waals surface area contributed by atoms with Gasteiger partial charge in [0.25, 0.3) is 5.91 Å². The van der Waals surface area contributed by atoms with Gasteiger partial charge in [-0.25, -0.2) is 0 Å². The molecule has 0 aromatic carbocycles. The molecule has 0 saturated heterocycles. The fourth-order valence-corrected chi connectivity index (χ4v) is 1.04. The number of carbonyl (C=O) groups is 1. The van der Waals surface area contributed by atoms with Crippen LogP contribution < -0.4 is 5.32 Å². The maximum Gasteiger partial charge on any atom is 0.290 e. The number of aliphatic hydroxyl groups excluding tert-OH is 3. The molecule has 0 unspecified atom stereocenters. The van der Waals surface area contributed by atoms with Crippen molar-refractivity contribution in [2.75, 3.05) is 19.8 Å². The Kier molecular flexibility index (Phi) is 3.99. The van der Waals surface area contributed by atoms with E-state index in [0.29, 0.717) is 5.69 Å². The summed E-state index contributed by atoms with van der Waals surface area (Å²) in [7, 11) is 0. The van der Waals surface area contributed by atoms with Crippen molar-refractivity contribution in [3.05, 3.63) is 17.5 Å². The highest BCUT2D eigenvalue weighted by atomic mass is 16.5. The van der Waals surface area contributed by atoms with Gasteiger partial charge < -0.3 is 25.2 Å². The van der Waals surface area contributed by atoms with Crippen LogP contribution in [0.3, 0.4) is 0 Å². The second-order valence-corrected chi connectivity index (χ2v) is 3.54. The van der Waals surface area contributed by atoms with E-state index < -0.39 is 31.3 Å². The van der Waals surface area contributed by atoms with E-state index in [1.54, 1.807) is 6.92 Å². The van der Waals surface area contributed by atoms with Gasteiger partial charge in [-0.1, -0.05) is 5.16 Å². The maximum absolute atomic E-state index is 11.6. The van der Waals surface area contributed by atoms with Gasteiger partial charge in [0.2, 0.25) is 5.76 Å². The number of aromatic nitrogens is 1. The van der Waals surface area contributed by atoms with Crippen molar-refractivity contribution in [2.24, 2.45) is 0 Å². The SMILES string of the molecule is Cc1cc(C(=O)NC(CO)(CO)CO)on1. The number of nitrogens with zero attached hydrogens (tertiary/aromatic N) is 1. The molecule has 0 bridgehead atoms. The highest BCUT2D eigenvalue weighted by molar-refractivity contribution is 5.92. The number of nitrogens with one attached hydrogen (secondary N) is 1. The van der Waals surface area contributed by atoms with Crippen LogP contribution in [-0.2, 0) is 0 Å². The van der Waals surface area contributed by atoms with E-state index in [9.17, 15) is 4.79 Å². The number of hydrogen-bond acceptors (Lipinski definition) is 6. The van der Waals surface area contributed by atoms with Crippen molar-refractivity contribution in [1.82, 2.24) is 10.5 Å². The molecule has 0 aliphatic carbocycles. The molecule has 7 nitrogen and oxygen atoms in total. The van der Waals surface area contributed by atoms with Gasteiger partial charge in [-0.05, 0) is 6.92 Å². The summed E-state index contributed by atoms with van der Waals surface area (Å²) >= 11 is 0. The number of amides is 1. The number of carbonyl (C=O) groups excluding carboxylic acids is 1. The summed E-state index contributed by atoms with van der Waals surface area (Å²) < 4.78 is 4.70. The monoisotopic (exact) mass is 230 g/mol. The summed E-state index contributed by atoms with van der Waals surface area (Å²) in [5.41, 5.74) is -0.926. The van der Waals surface area contributed by atoms with Crippen LogP contribution in [-0.4, -0.2) is 51.7 Å². The molecule has 0 spiro atoms. The molecule has 0 fully saturated rings. The first-order chi connectivity index (χ1) is 7.56. The molecule has 0 aliphatic rings. The van der Waals surface area contributed by atoms with E-state index in [2.05, 4.69) is 10.5 Å². The smallest absolute Gasteiger partial charge is 0.290 e. The van der Waals surface area contributed by atoms with Gasteiger partial charge in [0.05, 0.1) is 25.5 Å². The van der Waals surface area contributed by atoms with E-state index in [-0.39, 0.29) is 5.76 Å². The summed E-state index contributed by atoms with van der Waals surface area (Å²) in [5.74, 6) is -0.699. The largest absolute Gasteiger partial charge is 0.394 e. The lowest BCUT2D eigenvalue weighted by molar-refractivity contribution is 0.0360. The summed E-state index contributed by atoms with van der Waals surface area (Å²) in [4.78, 5) is 11.6. The topological polar surface area (TPSA) is 116 Å². The predicted octanol–water partition coefficient (Wildman–Crippen LogP) is -1.57. The second kappa shape index (κ2) is 5.06. The third-order valence-electron chi connectivity index (χ3n) is 2.14. The van der Waals surface area contributed by atoms with Gasteiger partial charge in [0, 0.05) is 6.07 Å². The molecular weight excluding hydrogens is 216 g/mol. The average Bonchev–Trinajstić information content (AvgIpc) is 2.73. The number of aliphatic hydroxyl groups is 3. The molecule has 1 amide bonds. The molecule has 1 rings (SSSR count). The zero-order valence-corrected chi connectivity index (χ0v) is 8.80. The van der Waals surface area contributed by atoms with Crippen LogP contribution in [0.2, 0.25) is 0 Å². The molecule has 90 valence electrons. The number of rotatable bonds is 5. The highest BCUT2D eigenvalue weighted by Crippen LogP contribution is 2.07.